The molecule has 1 N–H and O–H groups in total. The number of aryl methyl sites for hydroxylation is 1. The Morgan fingerprint density at radius 3 is 2.77 bits per heavy atom. The maximum Gasteiger partial charge on any atom is 0.190 e. The molecule has 0 fully saturated rings. The zero-order chi connectivity index (χ0) is 23.6. The summed E-state index contributed by atoms with van der Waals surface area (Å²) >= 11 is 1.66. The first-order chi connectivity index (χ1) is 17.3. The smallest absolute Gasteiger partial charge is 0.190 e. The number of H-pyrrole nitrogens is 1. The minimum Gasteiger partial charge on any atom is -0.497 e. The van der Waals surface area contributed by atoms with E-state index in [-0.39, 0.29) is 0 Å². The highest BCUT2D eigenvalue weighted by Crippen LogP contribution is 2.28. The quantitative estimate of drug-likeness (QED) is 0.290. The Morgan fingerprint density at radius 1 is 1.00 bits per heavy atom. The minimum absolute atomic E-state index is 0.820. The SMILES string of the molecule is COc1ccc2cc(-c3csc(=Nc4cccnc4)n3CCc3c[nH]c4ccccc34)ccc2c1. The Morgan fingerprint density at radius 2 is 1.89 bits per heavy atom. The lowest BCUT2D eigenvalue weighted by molar-refractivity contribution is 0.415. The fourth-order valence-corrected chi connectivity index (χ4v) is 5.43. The second-order valence-electron chi connectivity index (χ2n) is 8.42. The fraction of sp³-hybridized carbons (Fsp3) is 0.103. The summed E-state index contributed by atoms with van der Waals surface area (Å²) in [6, 6.07) is 25.1. The highest BCUT2D eigenvalue weighted by atomic mass is 32.1. The molecule has 0 amide bonds. The van der Waals surface area contributed by atoms with Crippen LogP contribution in [0.4, 0.5) is 5.69 Å². The predicted octanol–water partition coefficient (Wildman–Crippen LogP) is 6.73. The molecule has 3 aromatic carbocycles. The van der Waals surface area contributed by atoms with Crippen LogP contribution in [0.25, 0.3) is 32.9 Å². The van der Waals surface area contributed by atoms with Gasteiger partial charge in [-0.15, -0.1) is 11.3 Å². The Balaban J connectivity index is 1.43. The number of ether oxygens (including phenoxy) is 1. The normalized spacial score (nSPS) is 12.0. The van der Waals surface area contributed by atoms with Gasteiger partial charge in [-0.3, -0.25) is 4.98 Å². The molecule has 6 aromatic rings. The van der Waals surface area contributed by atoms with Crippen LogP contribution in [0.1, 0.15) is 5.56 Å². The van der Waals surface area contributed by atoms with Gasteiger partial charge in [-0.1, -0.05) is 36.4 Å². The molecular weight excluding hydrogens is 452 g/mol. The summed E-state index contributed by atoms with van der Waals surface area (Å²) in [7, 11) is 1.70. The molecule has 5 nitrogen and oxygen atoms in total. The van der Waals surface area contributed by atoms with Gasteiger partial charge in [0.05, 0.1) is 24.7 Å². The number of aromatic amines is 1. The predicted molar refractivity (Wildman–Crippen MR) is 143 cm³/mol. The van der Waals surface area contributed by atoms with E-state index in [1.54, 1.807) is 30.8 Å². The molecule has 0 unspecified atom stereocenters. The Bertz CT molecular complexity index is 1690. The number of rotatable bonds is 6. The molecule has 0 aliphatic carbocycles. The van der Waals surface area contributed by atoms with Crippen molar-refractivity contribution >= 4 is 38.7 Å². The Kier molecular flexibility index (Phi) is 5.64. The summed E-state index contributed by atoms with van der Waals surface area (Å²) < 4.78 is 7.72. The summed E-state index contributed by atoms with van der Waals surface area (Å²) in [6.07, 6.45) is 6.60. The van der Waals surface area contributed by atoms with Crippen molar-refractivity contribution in [3.8, 4) is 17.0 Å². The third kappa shape index (κ3) is 4.24. The molecule has 0 bridgehead atoms. The molecule has 0 spiro atoms. The van der Waals surface area contributed by atoms with Crippen molar-refractivity contribution in [1.29, 1.82) is 0 Å². The molecule has 35 heavy (non-hydrogen) atoms. The molecule has 0 saturated heterocycles. The molecule has 0 aliphatic heterocycles. The minimum atomic E-state index is 0.820. The van der Waals surface area contributed by atoms with Crippen LogP contribution in [0, 0.1) is 0 Å². The van der Waals surface area contributed by atoms with E-state index in [1.807, 2.05) is 18.2 Å². The number of hydrogen-bond donors (Lipinski definition) is 1. The summed E-state index contributed by atoms with van der Waals surface area (Å²) in [5, 5.41) is 5.82. The average molecular weight is 477 g/mol. The van der Waals surface area contributed by atoms with Gasteiger partial charge in [0, 0.05) is 35.2 Å². The third-order valence-electron chi connectivity index (χ3n) is 6.29. The molecule has 6 rings (SSSR count). The van der Waals surface area contributed by atoms with E-state index in [1.165, 1.54) is 27.4 Å². The third-order valence-corrected chi connectivity index (χ3v) is 7.15. The number of aromatic nitrogens is 3. The van der Waals surface area contributed by atoms with E-state index < -0.39 is 0 Å². The zero-order valence-corrected chi connectivity index (χ0v) is 20.1. The van der Waals surface area contributed by atoms with Gasteiger partial charge in [-0.05, 0) is 64.7 Å². The first kappa shape index (κ1) is 21.4. The van der Waals surface area contributed by atoms with Crippen LogP contribution >= 0.6 is 11.3 Å². The Hall–Kier alpha value is -4.16. The number of benzene rings is 3. The topological polar surface area (TPSA) is 55.2 Å². The van der Waals surface area contributed by atoms with Gasteiger partial charge in [0.25, 0.3) is 0 Å². The average Bonchev–Trinajstić information content (AvgIpc) is 3.51. The van der Waals surface area contributed by atoms with Crippen LogP contribution in [-0.4, -0.2) is 21.6 Å². The Labute approximate surface area is 207 Å². The first-order valence-electron chi connectivity index (χ1n) is 11.5. The highest BCUT2D eigenvalue weighted by molar-refractivity contribution is 7.07. The number of thiazole rings is 1. The second kappa shape index (κ2) is 9.24. The summed E-state index contributed by atoms with van der Waals surface area (Å²) in [5.41, 5.74) is 5.67. The second-order valence-corrected chi connectivity index (χ2v) is 9.25. The van der Waals surface area contributed by atoms with Crippen molar-refractivity contribution in [3.63, 3.8) is 0 Å². The number of fused-ring (bicyclic) bond motifs is 2. The van der Waals surface area contributed by atoms with E-state index in [0.29, 0.717) is 0 Å². The molecule has 0 saturated carbocycles. The molecule has 3 heterocycles. The van der Waals surface area contributed by atoms with E-state index in [9.17, 15) is 0 Å². The monoisotopic (exact) mass is 476 g/mol. The number of hydrogen-bond acceptors (Lipinski definition) is 4. The standard InChI is InChI=1S/C29H24N4OS/c1-34-25-11-10-20-15-22(9-8-21(20)16-25)28-19-35-29(32-24-5-4-13-30-18-24)33(28)14-12-23-17-31-27-7-3-2-6-26(23)27/h2-11,13,15-19,31H,12,14H2,1H3. The molecule has 0 radical (unpaired) electrons. The van der Waals surface area contributed by atoms with Gasteiger partial charge in [-0.25, -0.2) is 4.99 Å². The van der Waals surface area contributed by atoms with Gasteiger partial charge >= 0.3 is 0 Å². The molecule has 0 atom stereocenters. The molecule has 172 valence electrons. The summed E-state index contributed by atoms with van der Waals surface area (Å²) in [6.45, 7) is 0.820. The first-order valence-corrected chi connectivity index (χ1v) is 12.4. The van der Waals surface area contributed by atoms with Crippen molar-refractivity contribution in [3.05, 3.63) is 107 Å². The van der Waals surface area contributed by atoms with Crippen molar-refractivity contribution in [2.75, 3.05) is 7.11 Å². The molecule has 0 aliphatic rings. The maximum absolute atomic E-state index is 5.39. The fourth-order valence-electron chi connectivity index (χ4n) is 4.48. The van der Waals surface area contributed by atoms with Gasteiger partial charge < -0.3 is 14.3 Å². The van der Waals surface area contributed by atoms with Crippen LogP contribution in [0.5, 0.6) is 5.75 Å². The van der Waals surface area contributed by atoms with Crippen molar-refractivity contribution < 1.29 is 4.74 Å². The van der Waals surface area contributed by atoms with Crippen LogP contribution in [-0.2, 0) is 13.0 Å². The molecule has 6 heteroatoms. The van der Waals surface area contributed by atoms with Crippen LogP contribution in [0.15, 0.2) is 102 Å². The summed E-state index contributed by atoms with van der Waals surface area (Å²) in [5.74, 6) is 0.868. The van der Waals surface area contributed by atoms with E-state index in [2.05, 4.69) is 80.7 Å². The number of nitrogens with one attached hydrogen (secondary N) is 1. The van der Waals surface area contributed by atoms with Crippen molar-refractivity contribution in [1.82, 2.24) is 14.5 Å². The van der Waals surface area contributed by atoms with E-state index in [4.69, 9.17) is 9.73 Å². The van der Waals surface area contributed by atoms with Crippen LogP contribution in [0.2, 0.25) is 0 Å². The maximum atomic E-state index is 5.39. The van der Waals surface area contributed by atoms with Gasteiger partial charge in [-0.2, -0.15) is 0 Å². The number of para-hydroxylation sites is 1. The van der Waals surface area contributed by atoms with Gasteiger partial charge in [0.1, 0.15) is 5.75 Å². The zero-order valence-electron chi connectivity index (χ0n) is 19.3. The molecular formula is C29H24N4OS. The van der Waals surface area contributed by atoms with Crippen molar-refractivity contribution in [2.24, 2.45) is 4.99 Å². The lowest BCUT2D eigenvalue weighted by Gasteiger charge is -2.11. The van der Waals surface area contributed by atoms with Gasteiger partial charge in [0.15, 0.2) is 4.80 Å². The highest BCUT2D eigenvalue weighted by Gasteiger charge is 2.11. The number of pyridine rings is 1. The van der Waals surface area contributed by atoms with E-state index in [0.717, 1.165) is 40.3 Å². The largest absolute Gasteiger partial charge is 0.497 e. The van der Waals surface area contributed by atoms with Crippen LogP contribution in [0.3, 0.4) is 0 Å². The van der Waals surface area contributed by atoms with Gasteiger partial charge in [0.2, 0.25) is 0 Å². The van der Waals surface area contributed by atoms with Crippen molar-refractivity contribution in [2.45, 2.75) is 13.0 Å². The lowest BCUT2D eigenvalue weighted by Crippen LogP contribution is -2.17. The summed E-state index contributed by atoms with van der Waals surface area (Å²) in [4.78, 5) is 13.5. The van der Waals surface area contributed by atoms with E-state index >= 15 is 0 Å². The number of methoxy groups -OCH3 is 1. The lowest BCUT2D eigenvalue weighted by atomic mass is 10.0. The molecule has 3 aromatic heterocycles. The van der Waals surface area contributed by atoms with Crippen LogP contribution < -0.4 is 9.54 Å². The number of nitrogens with zero attached hydrogens (tertiary/aromatic N) is 3.